The minimum atomic E-state index is 0.115. The fourth-order valence-electron chi connectivity index (χ4n) is 4.40. The number of hydrogen-bond acceptors (Lipinski definition) is 2. The Balaban J connectivity index is 1.99. The van der Waals surface area contributed by atoms with E-state index < -0.39 is 0 Å². The first kappa shape index (κ1) is 15.1. The molecule has 0 bridgehead atoms. The minimum absolute atomic E-state index is 0.115. The third kappa shape index (κ3) is 2.76. The molecule has 1 aromatic carbocycles. The lowest BCUT2D eigenvalue weighted by Crippen LogP contribution is -2.53. The molecule has 0 aromatic heterocycles. The van der Waals surface area contributed by atoms with Crippen LogP contribution in [0.3, 0.4) is 0 Å². The van der Waals surface area contributed by atoms with Crippen molar-refractivity contribution in [2.24, 2.45) is 5.73 Å². The molecule has 2 aliphatic rings. The number of likely N-dealkylation sites (tertiary alicyclic amines) is 1. The van der Waals surface area contributed by atoms with Crippen molar-refractivity contribution in [2.45, 2.75) is 63.8 Å². The van der Waals surface area contributed by atoms with E-state index in [0.717, 1.165) is 13.0 Å². The van der Waals surface area contributed by atoms with Gasteiger partial charge in [0.2, 0.25) is 0 Å². The highest BCUT2D eigenvalue weighted by Crippen LogP contribution is 2.41. The maximum absolute atomic E-state index is 6.36. The van der Waals surface area contributed by atoms with Gasteiger partial charge in [0.15, 0.2) is 0 Å². The number of rotatable bonds is 3. The van der Waals surface area contributed by atoms with Crippen LogP contribution in [0.15, 0.2) is 18.2 Å². The summed E-state index contributed by atoms with van der Waals surface area (Å²) in [5.74, 6) is 0. The number of fused-ring (bicyclic) bond motifs is 1. The second-order valence-electron chi connectivity index (χ2n) is 6.84. The molecule has 1 aromatic rings. The molecule has 1 atom stereocenters. The topological polar surface area (TPSA) is 29.3 Å². The van der Waals surface area contributed by atoms with Crippen molar-refractivity contribution in [1.82, 2.24) is 4.90 Å². The van der Waals surface area contributed by atoms with Crippen LogP contribution in [0.25, 0.3) is 0 Å². The maximum atomic E-state index is 6.36. The van der Waals surface area contributed by atoms with E-state index in [1.54, 1.807) is 5.56 Å². The van der Waals surface area contributed by atoms with Gasteiger partial charge in [-0.3, -0.25) is 4.90 Å². The van der Waals surface area contributed by atoms with Gasteiger partial charge in [-0.05, 0) is 68.3 Å². The molecule has 3 rings (SSSR count). The van der Waals surface area contributed by atoms with Crippen LogP contribution in [0.2, 0.25) is 0 Å². The van der Waals surface area contributed by atoms with Gasteiger partial charge in [-0.1, -0.05) is 38.0 Å². The fraction of sp³-hybridized carbons (Fsp3) is 0.684. The SMILES string of the molecule is CCc1ccc2c(c1)CCCC2(CN)N1CCCCCC1. The van der Waals surface area contributed by atoms with Gasteiger partial charge in [-0.2, -0.15) is 0 Å². The molecule has 1 aliphatic carbocycles. The molecule has 2 N–H and O–H groups in total. The van der Waals surface area contributed by atoms with Crippen molar-refractivity contribution in [2.75, 3.05) is 19.6 Å². The quantitative estimate of drug-likeness (QED) is 0.919. The van der Waals surface area contributed by atoms with Crippen LogP contribution in [-0.4, -0.2) is 24.5 Å². The molecule has 0 spiro atoms. The van der Waals surface area contributed by atoms with Gasteiger partial charge in [0.1, 0.15) is 0 Å². The van der Waals surface area contributed by atoms with Gasteiger partial charge in [0.05, 0.1) is 5.54 Å². The molecule has 1 saturated heterocycles. The highest BCUT2D eigenvalue weighted by molar-refractivity contribution is 5.40. The summed E-state index contributed by atoms with van der Waals surface area (Å²) in [6.45, 7) is 5.47. The molecule has 0 amide bonds. The molecule has 1 unspecified atom stereocenters. The van der Waals surface area contributed by atoms with E-state index >= 15 is 0 Å². The van der Waals surface area contributed by atoms with Gasteiger partial charge < -0.3 is 5.73 Å². The van der Waals surface area contributed by atoms with Crippen LogP contribution >= 0.6 is 0 Å². The largest absolute Gasteiger partial charge is 0.328 e. The standard InChI is InChI=1S/C19H30N2/c1-2-16-9-10-18-17(14-16)8-7-11-19(18,15-20)21-12-5-3-4-6-13-21/h9-10,14H,2-8,11-13,15,20H2,1H3. The Hall–Kier alpha value is -0.860. The Morgan fingerprint density at radius 1 is 1.10 bits per heavy atom. The summed E-state index contributed by atoms with van der Waals surface area (Å²) in [5, 5.41) is 0. The summed E-state index contributed by atoms with van der Waals surface area (Å²) < 4.78 is 0. The minimum Gasteiger partial charge on any atom is -0.328 e. The lowest BCUT2D eigenvalue weighted by Gasteiger charge is -2.47. The lowest BCUT2D eigenvalue weighted by molar-refractivity contribution is 0.0776. The molecular weight excluding hydrogens is 256 g/mol. The van der Waals surface area contributed by atoms with Crippen LogP contribution < -0.4 is 5.73 Å². The Bertz CT molecular complexity index is 474. The van der Waals surface area contributed by atoms with Gasteiger partial charge in [-0.15, -0.1) is 0 Å². The van der Waals surface area contributed by atoms with Crippen LogP contribution in [-0.2, 0) is 18.4 Å². The zero-order valence-electron chi connectivity index (χ0n) is 13.5. The molecule has 2 heteroatoms. The predicted molar refractivity (Wildman–Crippen MR) is 89.5 cm³/mol. The normalized spacial score (nSPS) is 27.1. The first-order valence-electron chi connectivity index (χ1n) is 8.87. The Morgan fingerprint density at radius 3 is 2.52 bits per heavy atom. The monoisotopic (exact) mass is 286 g/mol. The van der Waals surface area contributed by atoms with E-state index in [4.69, 9.17) is 5.73 Å². The molecule has 1 aliphatic heterocycles. The average Bonchev–Trinajstić information content (AvgIpc) is 2.83. The van der Waals surface area contributed by atoms with Crippen LogP contribution in [0.1, 0.15) is 62.1 Å². The molecule has 2 nitrogen and oxygen atoms in total. The van der Waals surface area contributed by atoms with Crippen molar-refractivity contribution in [3.8, 4) is 0 Å². The van der Waals surface area contributed by atoms with E-state index in [2.05, 4.69) is 30.0 Å². The number of nitrogens with two attached hydrogens (primary N) is 1. The second-order valence-corrected chi connectivity index (χ2v) is 6.84. The zero-order valence-corrected chi connectivity index (χ0v) is 13.5. The second kappa shape index (κ2) is 6.50. The molecule has 1 heterocycles. The zero-order chi connectivity index (χ0) is 14.7. The molecule has 116 valence electrons. The van der Waals surface area contributed by atoms with Crippen LogP contribution in [0, 0.1) is 0 Å². The molecular formula is C19H30N2. The van der Waals surface area contributed by atoms with Crippen molar-refractivity contribution in [3.63, 3.8) is 0 Å². The third-order valence-corrected chi connectivity index (χ3v) is 5.66. The molecule has 0 radical (unpaired) electrons. The summed E-state index contributed by atoms with van der Waals surface area (Å²) in [7, 11) is 0. The van der Waals surface area contributed by atoms with Crippen molar-refractivity contribution in [3.05, 3.63) is 34.9 Å². The molecule has 21 heavy (non-hydrogen) atoms. The number of nitrogens with zero attached hydrogens (tertiary/aromatic N) is 1. The van der Waals surface area contributed by atoms with Gasteiger partial charge >= 0.3 is 0 Å². The van der Waals surface area contributed by atoms with E-state index in [1.165, 1.54) is 69.2 Å². The van der Waals surface area contributed by atoms with Crippen molar-refractivity contribution >= 4 is 0 Å². The summed E-state index contributed by atoms with van der Waals surface area (Å²) in [6.07, 6.45) is 10.3. The van der Waals surface area contributed by atoms with Crippen molar-refractivity contribution in [1.29, 1.82) is 0 Å². The highest BCUT2D eigenvalue weighted by Gasteiger charge is 2.40. The summed E-state index contributed by atoms with van der Waals surface area (Å²) in [6, 6.07) is 7.16. The van der Waals surface area contributed by atoms with Crippen molar-refractivity contribution < 1.29 is 0 Å². The van der Waals surface area contributed by atoms with Gasteiger partial charge in [-0.25, -0.2) is 0 Å². The Morgan fingerprint density at radius 2 is 1.86 bits per heavy atom. The Labute approximate surface area is 129 Å². The van der Waals surface area contributed by atoms with Crippen LogP contribution in [0.5, 0.6) is 0 Å². The van der Waals surface area contributed by atoms with Gasteiger partial charge in [0, 0.05) is 6.54 Å². The Kier molecular flexibility index (Phi) is 4.66. The molecule has 1 fully saturated rings. The van der Waals surface area contributed by atoms with Crippen LogP contribution in [0.4, 0.5) is 0 Å². The smallest absolute Gasteiger partial charge is 0.0586 e. The first-order chi connectivity index (χ1) is 10.3. The average molecular weight is 286 g/mol. The van der Waals surface area contributed by atoms with E-state index in [0.29, 0.717) is 0 Å². The summed E-state index contributed by atoms with van der Waals surface area (Å²) in [5.41, 5.74) is 11.1. The summed E-state index contributed by atoms with van der Waals surface area (Å²) in [4.78, 5) is 2.73. The van der Waals surface area contributed by atoms with E-state index in [9.17, 15) is 0 Å². The van der Waals surface area contributed by atoms with E-state index in [-0.39, 0.29) is 5.54 Å². The fourth-order valence-corrected chi connectivity index (χ4v) is 4.40. The maximum Gasteiger partial charge on any atom is 0.0586 e. The first-order valence-corrected chi connectivity index (χ1v) is 8.87. The molecule has 0 saturated carbocycles. The number of aryl methyl sites for hydroxylation is 2. The lowest BCUT2D eigenvalue weighted by atomic mass is 9.74. The summed E-state index contributed by atoms with van der Waals surface area (Å²) >= 11 is 0. The third-order valence-electron chi connectivity index (χ3n) is 5.66. The van der Waals surface area contributed by atoms with E-state index in [1.807, 2.05) is 0 Å². The van der Waals surface area contributed by atoms with Gasteiger partial charge in [0.25, 0.3) is 0 Å². The predicted octanol–water partition coefficient (Wildman–Crippen LogP) is 3.62. The number of hydrogen-bond donors (Lipinski definition) is 1. The highest BCUT2D eigenvalue weighted by atomic mass is 15.2. The number of benzene rings is 1.